The van der Waals surface area contributed by atoms with Crippen LogP contribution in [-0.4, -0.2) is 37.4 Å². The third-order valence-corrected chi connectivity index (χ3v) is 7.39. The molecule has 208 valence electrons. The maximum atomic E-state index is 13.7. The molecule has 0 unspecified atom stereocenters. The van der Waals surface area contributed by atoms with Crippen LogP contribution < -0.4 is 20.9 Å². The number of benzene rings is 4. The Bertz CT molecular complexity index is 1560. The topological polar surface area (TPSA) is 95.7 Å². The first-order chi connectivity index (χ1) is 20.0. The summed E-state index contributed by atoms with van der Waals surface area (Å²) in [6.45, 7) is 3.45. The summed E-state index contributed by atoms with van der Waals surface area (Å²) in [5, 5.41) is 2.97. The molecule has 41 heavy (non-hydrogen) atoms. The van der Waals surface area contributed by atoms with Crippen molar-refractivity contribution in [3.8, 4) is 11.1 Å². The number of unbranched alkanes of at least 4 members (excludes halogenated alkanes) is 1. The third-order valence-electron chi connectivity index (χ3n) is 7.39. The van der Waals surface area contributed by atoms with Gasteiger partial charge in [0, 0.05) is 36.3 Å². The molecule has 3 N–H and O–H groups in total. The fourth-order valence-electron chi connectivity index (χ4n) is 5.23. The van der Waals surface area contributed by atoms with E-state index in [0.717, 1.165) is 35.2 Å². The number of anilines is 3. The Morgan fingerprint density at radius 3 is 2.20 bits per heavy atom. The van der Waals surface area contributed by atoms with E-state index in [4.69, 9.17) is 5.73 Å². The van der Waals surface area contributed by atoms with Gasteiger partial charge < -0.3 is 20.9 Å². The van der Waals surface area contributed by atoms with E-state index in [1.807, 2.05) is 79.7 Å². The molecule has 0 atom stereocenters. The summed E-state index contributed by atoms with van der Waals surface area (Å²) in [6, 6.07) is 29.9. The van der Waals surface area contributed by atoms with E-state index in [9.17, 15) is 14.4 Å². The van der Waals surface area contributed by atoms with Crippen molar-refractivity contribution in [2.75, 3.05) is 34.8 Å². The highest BCUT2D eigenvalue weighted by Crippen LogP contribution is 2.34. The molecule has 0 aromatic heterocycles. The number of nitrogens with two attached hydrogens (primary N) is 1. The minimum Gasteiger partial charge on any atom is -0.330 e. The quantitative estimate of drug-likeness (QED) is 0.264. The highest BCUT2D eigenvalue weighted by molar-refractivity contribution is 6.12. The van der Waals surface area contributed by atoms with E-state index in [1.165, 1.54) is 0 Å². The van der Waals surface area contributed by atoms with Gasteiger partial charge in [-0.05, 0) is 85.5 Å². The van der Waals surface area contributed by atoms with E-state index in [0.29, 0.717) is 35.6 Å². The van der Waals surface area contributed by atoms with Crippen molar-refractivity contribution in [1.29, 1.82) is 0 Å². The Hall–Kier alpha value is -4.75. The fourth-order valence-corrected chi connectivity index (χ4v) is 5.23. The zero-order chi connectivity index (χ0) is 28.8. The van der Waals surface area contributed by atoms with Crippen molar-refractivity contribution in [1.82, 2.24) is 0 Å². The van der Waals surface area contributed by atoms with E-state index in [-0.39, 0.29) is 30.7 Å². The summed E-state index contributed by atoms with van der Waals surface area (Å²) < 4.78 is 0. The predicted molar refractivity (Wildman–Crippen MR) is 164 cm³/mol. The van der Waals surface area contributed by atoms with Gasteiger partial charge in [-0.25, -0.2) is 0 Å². The van der Waals surface area contributed by atoms with Crippen molar-refractivity contribution >= 4 is 34.8 Å². The monoisotopic (exact) mass is 546 g/mol. The van der Waals surface area contributed by atoms with Gasteiger partial charge >= 0.3 is 0 Å². The molecule has 0 radical (unpaired) electrons. The molecule has 4 aromatic carbocycles. The Labute approximate surface area is 240 Å². The van der Waals surface area contributed by atoms with Gasteiger partial charge in [0.05, 0.1) is 11.4 Å². The number of rotatable bonds is 8. The van der Waals surface area contributed by atoms with Crippen LogP contribution in [0.5, 0.6) is 0 Å². The lowest BCUT2D eigenvalue weighted by atomic mass is 9.95. The fraction of sp³-hybridized carbons (Fsp3) is 0.206. The summed E-state index contributed by atoms with van der Waals surface area (Å²) >= 11 is 0. The van der Waals surface area contributed by atoms with Crippen molar-refractivity contribution in [2.45, 2.75) is 26.2 Å². The first kappa shape index (κ1) is 27.8. The number of aryl methyl sites for hydroxylation is 1. The van der Waals surface area contributed by atoms with Crippen molar-refractivity contribution in [3.05, 3.63) is 114 Å². The van der Waals surface area contributed by atoms with Crippen LogP contribution in [0.3, 0.4) is 0 Å². The molecule has 3 amide bonds. The molecule has 1 aliphatic rings. The zero-order valence-corrected chi connectivity index (χ0v) is 23.2. The number of amides is 3. The van der Waals surface area contributed by atoms with Gasteiger partial charge in [0.25, 0.3) is 11.8 Å². The zero-order valence-electron chi connectivity index (χ0n) is 23.2. The van der Waals surface area contributed by atoms with Gasteiger partial charge in [-0.15, -0.1) is 0 Å². The van der Waals surface area contributed by atoms with Crippen LogP contribution in [-0.2, 0) is 4.79 Å². The van der Waals surface area contributed by atoms with Crippen molar-refractivity contribution < 1.29 is 14.4 Å². The molecule has 0 spiro atoms. The lowest BCUT2D eigenvalue weighted by Gasteiger charge is -2.25. The van der Waals surface area contributed by atoms with Gasteiger partial charge in [0.2, 0.25) is 5.91 Å². The molecular weight excluding hydrogens is 512 g/mol. The summed E-state index contributed by atoms with van der Waals surface area (Å²) in [5.41, 5.74) is 11.7. The molecule has 1 aliphatic heterocycles. The Morgan fingerprint density at radius 2 is 1.46 bits per heavy atom. The molecule has 5 rings (SSSR count). The number of carbonyl (C=O) groups is 3. The molecule has 0 aliphatic carbocycles. The van der Waals surface area contributed by atoms with E-state index >= 15 is 0 Å². The number of nitrogens with zero attached hydrogens (tertiary/aromatic N) is 2. The van der Waals surface area contributed by atoms with Crippen LogP contribution in [0, 0.1) is 6.92 Å². The molecule has 7 nitrogen and oxygen atoms in total. The van der Waals surface area contributed by atoms with E-state index in [1.54, 1.807) is 34.1 Å². The van der Waals surface area contributed by atoms with Gasteiger partial charge in [0.1, 0.15) is 0 Å². The summed E-state index contributed by atoms with van der Waals surface area (Å²) in [5.74, 6) is -0.428. The van der Waals surface area contributed by atoms with E-state index in [2.05, 4.69) is 5.32 Å². The number of fused-ring (bicyclic) bond motifs is 1. The normalized spacial score (nSPS) is 13.0. The largest absolute Gasteiger partial charge is 0.330 e. The SMILES string of the molecule is Cc1ccccc1-c1ccccc1C(=O)Nc1ccc(C(=O)N2CCC(=O)N(CCCCN)c3ccccc32)cc1. The second-order valence-corrected chi connectivity index (χ2v) is 10.1. The van der Waals surface area contributed by atoms with Crippen LogP contribution in [0.25, 0.3) is 11.1 Å². The van der Waals surface area contributed by atoms with Gasteiger partial charge in [-0.1, -0.05) is 54.6 Å². The summed E-state index contributed by atoms with van der Waals surface area (Å²) in [6.07, 6.45) is 1.86. The highest BCUT2D eigenvalue weighted by Gasteiger charge is 2.29. The number of carbonyl (C=O) groups excluding carboxylic acids is 3. The Balaban J connectivity index is 1.34. The van der Waals surface area contributed by atoms with E-state index < -0.39 is 0 Å². The lowest BCUT2D eigenvalue weighted by Crippen LogP contribution is -2.32. The maximum absolute atomic E-state index is 13.7. The van der Waals surface area contributed by atoms with Crippen LogP contribution in [0.4, 0.5) is 17.1 Å². The average molecular weight is 547 g/mol. The van der Waals surface area contributed by atoms with Crippen LogP contribution >= 0.6 is 0 Å². The molecule has 7 heteroatoms. The van der Waals surface area contributed by atoms with Gasteiger partial charge in [-0.2, -0.15) is 0 Å². The first-order valence-corrected chi connectivity index (χ1v) is 14.0. The molecule has 4 aromatic rings. The highest BCUT2D eigenvalue weighted by atomic mass is 16.2. The predicted octanol–water partition coefficient (Wildman–Crippen LogP) is 6.04. The lowest BCUT2D eigenvalue weighted by molar-refractivity contribution is -0.118. The summed E-state index contributed by atoms with van der Waals surface area (Å²) in [4.78, 5) is 43.4. The van der Waals surface area contributed by atoms with Gasteiger partial charge in [0.15, 0.2) is 0 Å². The second-order valence-electron chi connectivity index (χ2n) is 10.1. The Kier molecular flexibility index (Phi) is 8.56. The summed E-state index contributed by atoms with van der Waals surface area (Å²) in [7, 11) is 0. The third kappa shape index (κ3) is 6.05. The number of hydrogen-bond acceptors (Lipinski definition) is 4. The van der Waals surface area contributed by atoms with Crippen LogP contribution in [0.2, 0.25) is 0 Å². The molecule has 0 fully saturated rings. The molecule has 0 saturated carbocycles. The molecule has 1 heterocycles. The van der Waals surface area contributed by atoms with Crippen LogP contribution in [0.15, 0.2) is 97.1 Å². The molecule has 0 saturated heterocycles. The average Bonchev–Trinajstić information content (AvgIpc) is 3.13. The van der Waals surface area contributed by atoms with Crippen LogP contribution in [0.1, 0.15) is 45.5 Å². The Morgan fingerprint density at radius 1 is 0.805 bits per heavy atom. The smallest absolute Gasteiger partial charge is 0.258 e. The minimum atomic E-state index is -0.224. The van der Waals surface area contributed by atoms with Gasteiger partial charge in [-0.3, -0.25) is 14.4 Å². The first-order valence-electron chi connectivity index (χ1n) is 14.0. The molecular formula is C34H34N4O3. The second kappa shape index (κ2) is 12.6. The molecule has 0 bridgehead atoms. The number of para-hydroxylation sites is 2. The standard InChI is InChI=1S/C34H34N4O3/c1-24-10-2-3-11-27(24)28-12-4-5-13-29(28)33(40)36-26-18-16-25(17-19-26)34(41)38-23-20-32(39)37(22-9-8-21-35)30-14-6-7-15-31(30)38/h2-7,10-19H,8-9,20-23,35H2,1H3,(H,36,40). The maximum Gasteiger partial charge on any atom is 0.258 e. The van der Waals surface area contributed by atoms with Crippen molar-refractivity contribution in [2.24, 2.45) is 5.73 Å². The number of nitrogens with one attached hydrogen (secondary N) is 1. The number of hydrogen-bond donors (Lipinski definition) is 2. The minimum absolute atomic E-state index is 0.00573. The van der Waals surface area contributed by atoms with Crippen molar-refractivity contribution in [3.63, 3.8) is 0 Å².